The van der Waals surface area contributed by atoms with E-state index >= 15 is 0 Å². The third-order valence-corrected chi connectivity index (χ3v) is 3.21. The molecule has 1 aromatic rings. The second-order valence-electron chi connectivity index (χ2n) is 4.84. The minimum absolute atomic E-state index is 0.0733. The number of carbonyl (C=O) groups is 1. The lowest BCUT2D eigenvalue weighted by Crippen LogP contribution is -2.46. The number of nitrogens with zero attached hydrogens (tertiary/aromatic N) is 2. The number of aromatic nitrogens is 2. The molecule has 0 aliphatic heterocycles. The van der Waals surface area contributed by atoms with E-state index in [1.54, 1.807) is 11.1 Å². The molecule has 0 aliphatic carbocycles. The van der Waals surface area contributed by atoms with E-state index in [0.29, 0.717) is 26.3 Å². The number of rotatable bonds is 14. The highest BCUT2D eigenvalue weighted by molar-refractivity contribution is 5.73. The van der Waals surface area contributed by atoms with E-state index < -0.39 is 12.0 Å². The number of carboxylic acids is 1. The second kappa shape index (κ2) is 12.0. The first-order valence-electron chi connectivity index (χ1n) is 7.50. The predicted octanol–water partition coefficient (Wildman–Crippen LogP) is -1.27. The molecule has 0 radical (unpaired) electrons. The van der Waals surface area contributed by atoms with Gasteiger partial charge in [-0.15, -0.1) is 0 Å². The highest BCUT2D eigenvalue weighted by Crippen LogP contribution is 2.08. The molecule has 0 amide bonds. The van der Waals surface area contributed by atoms with Gasteiger partial charge in [0.15, 0.2) is 0 Å². The van der Waals surface area contributed by atoms with Crippen LogP contribution < -0.4 is 0 Å². The first-order valence-corrected chi connectivity index (χ1v) is 7.50. The van der Waals surface area contributed by atoms with Crippen molar-refractivity contribution in [1.29, 1.82) is 0 Å². The highest BCUT2D eigenvalue weighted by Gasteiger charge is 2.26. The monoisotopic (exact) mass is 331 g/mol. The molecule has 0 spiro atoms. The molecule has 4 N–H and O–H groups in total. The largest absolute Gasteiger partial charge is 0.480 e. The first kappa shape index (κ1) is 19.5. The molecule has 0 saturated heterocycles. The fourth-order valence-electron chi connectivity index (χ4n) is 2.10. The number of nitrogens with one attached hydrogen (secondary N) is 1. The molecule has 0 saturated carbocycles. The van der Waals surface area contributed by atoms with Crippen molar-refractivity contribution < 1.29 is 29.6 Å². The molecular weight excluding hydrogens is 306 g/mol. The fourth-order valence-corrected chi connectivity index (χ4v) is 2.10. The Morgan fingerprint density at radius 1 is 1.17 bits per heavy atom. The molecule has 0 fully saturated rings. The third-order valence-electron chi connectivity index (χ3n) is 3.21. The van der Waals surface area contributed by atoms with Gasteiger partial charge in [-0.05, 0) is 0 Å². The zero-order valence-electron chi connectivity index (χ0n) is 13.1. The zero-order chi connectivity index (χ0) is 16.9. The Morgan fingerprint density at radius 2 is 1.78 bits per heavy atom. The summed E-state index contributed by atoms with van der Waals surface area (Å²) in [7, 11) is 0. The zero-order valence-corrected chi connectivity index (χ0v) is 13.1. The first-order chi connectivity index (χ1) is 11.2. The van der Waals surface area contributed by atoms with Gasteiger partial charge in [0, 0.05) is 31.4 Å². The summed E-state index contributed by atoms with van der Waals surface area (Å²) >= 11 is 0. The number of carboxylic acid groups (broad SMARTS) is 1. The van der Waals surface area contributed by atoms with Gasteiger partial charge in [0.25, 0.3) is 0 Å². The molecule has 0 aromatic carbocycles. The van der Waals surface area contributed by atoms with Crippen molar-refractivity contribution in [3.63, 3.8) is 0 Å². The summed E-state index contributed by atoms with van der Waals surface area (Å²) in [5.74, 6) is -0.941. The summed E-state index contributed by atoms with van der Waals surface area (Å²) in [5.41, 5.74) is 0.731. The third kappa shape index (κ3) is 8.05. The van der Waals surface area contributed by atoms with E-state index in [4.69, 9.17) is 19.7 Å². The number of imidazole rings is 1. The van der Waals surface area contributed by atoms with Gasteiger partial charge in [-0.3, -0.25) is 9.69 Å². The molecule has 9 nitrogen and oxygen atoms in total. The average molecular weight is 331 g/mol. The van der Waals surface area contributed by atoms with Crippen LogP contribution in [-0.4, -0.2) is 94.9 Å². The second-order valence-corrected chi connectivity index (χ2v) is 4.84. The predicted molar refractivity (Wildman–Crippen MR) is 81.1 cm³/mol. The fraction of sp³-hybridized carbons (Fsp3) is 0.714. The van der Waals surface area contributed by atoms with Gasteiger partial charge in [0.05, 0.1) is 46.0 Å². The van der Waals surface area contributed by atoms with E-state index in [-0.39, 0.29) is 32.8 Å². The minimum Gasteiger partial charge on any atom is -0.480 e. The number of hydrogen-bond acceptors (Lipinski definition) is 7. The Hall–Kier alpha value is -1.52. The minimum atomic E-state index is -0.941. The SMILES string of the molecule is O=C(O)C(Cc1cnc[nH]1)N(CCOCCO)CCOCCO. The van der Waals surface area contributed by atoms with E-state index in [1.165, 1.54) is 6.33 Å². The lowest BCUT2D eigenvalue weighted by Gasteiger charge is -2.28. The van der Waals surface area contributed by atoms with Crippen LogP contribution in [0.15, 0.2) is 12.5 Å². The summed E-state index contributed by atoms with van der Waals surface area (Å²) < 4.78 is 10.4. The van der Waals surface area contributed by atoms with E-state index in [9.17, 15) is 9.90 Å². The van der Waals surface area contributed by atoms with Crippen LogP contribution in [0.5, 0.6) is 0 Å². The molecular formula is C14H25N3O6. The van der Waals surface area contributed by atoms with Crippen LogP contribution in [0.1, 0.15) is 5.69 Å². The Balaban J connectivity index is 2.60. The molecule has 9 heteroatoms. The molecule has 0 aliphatic rings. The molecule has 23 heavy (non-hydrogen) atoms. The molecule has 1 unspecified atom stereocenters. The van der Waals surface area contributed by atoms with Crippen LogP contribution in [-0.2, 0) is 20.7 Å². The maximum absolute atomic E-state index is 11.6. The van der Waals surface area contributed by atoms with Gasteiger partial charge >= 0.3 is 5.97 Å². The van der Waals surface area contributed by atoms with Crippen molar-refractivity contribution in [3.05, 3.63) is 18.2 Å². The summed E-state index contributed by atoms with van der Waals surface area (Å²) in [6.07, 6.45) is 3.39. The number of H-pyrrole nitrogens is 1. The van der Waals surface area contributed by atoms with Gasteiger partial charge in [-0.1, -0.05) is 0 Å². The number of aliphatic hydroxyl groups is 2. The summed E-state index contributed by atoms with van der Waals surface area (Å²) in [6, 6.07) is -0.745. The number of aliphatic hydroxyl groups excluding tert-OH is 2. The molecule has 1 rings (SSSR count). The average Bonchev–Trinajstić information content (AvgIpc) is 3.04. The van der Waals surface area contributed by atoms with Crippen LogP contribution in [0.4, 0.5) is 0 Å². The Morgan fingerprint density at radius 3 is 2.22 bits per heavy atom. The van der Waals surface area contributed by atoms with Crippen LogP contribution in [0.3, 0.4) is 0 Å². The maximum atomic E-state index is 11.6. The number of hydrogen-bond donors (Lipinski definition) is 4. The number of aromatic amines is 1. The Kier molecular flexibility index (Phi) is 10.2. The number of aliphatic carboxylic acids is 1. The van der Waals surface area contributed by atoms with Gasteiger partial charge in [-0.2, -0.15) is 0 Å². The summed E-state index contributed by atoms with van der Waals surface area (Å²) in [6.45, 7) is 1.70. The maximum Gasteiger partial charge on any atom is 0.321 e. The van der Waals surface area contributed by atoms with Crippen molar-refractivity contribution in [1.82, 2.24) is 14.9 Å². The number of ether oxygens (including phenoxy) is 2. The summed E-state index contributed by atoms with van der Waals surface area (Å²) in [5, 5.41) is 26.9. The molecule has 132 valence electrons. The van der Waals surface area contributed by atoms with E-state index in [1.807, 2.05) is 0 Å². The molecule has 0 bridgehead atoms. The van der Waals surface area contributed by atoms with Gasteiger partial charge < -0.3 is 29.8 Å². The van der Waals surface area contributed by atoms with Crippen LogP contribution in [0.25, 0.3) is 0 Å². The van der Waals surface area contributed by atoms with Crippen LogP contribution >= 0.6 is 0 Å². The summed E-state index contributed by atoms with van der Waals surface area (Å²) in [4.78, 5) is 20.2. The van der Waals surface area contributed by atoms with Crippen molar-refractivity contribution in [2.45, 2.75) is 12.5 Å². The smallest absolute Gasteiger partial charge is 0.321 e. The van der Waals surface area contributed by atoms with Gasteiger partial charge in [-0.25, -0.2) is 4.98 Å². The lowest BCUT2D eigenvalue weighted by molar-refractivity contribution is -0.144. The van der Waals surface area contributed by atoms with Crippen LogP contribution in [0, 0.1) is 0 Å². The van der Waals surface area contributed by atoms with Crippen molar-refractivity contribution in [2.75, 3.05) is 52.7 Å². The van der Waals surface area contributed by atoms with Crippen LogP contribution in [0.2, 0.25) is 0 Å². The van der Waals surface area contributed by atoms with Gasteiger partial charge in [0.1, 0.15) is 6.04 Å². The van der Waals surface area contributed by atoms with Crippen molar-refractivity contribution in [3.8, 4) is 0 Å². The Bertz CT molecular complexity index is 403. The van der Waals surface area contributed by atoms with E-state index in [0.717, 1.165) is 5.69 Å². The standard InChI is InChI=1S/C14H25N3O6/c18-3-7-22-5-1-17(2-6-23-8-4-19)13(14(20)21)9-12-10-15-11-16-12/h10-11,13,18-19H,1-9H2,(H,15,16)(H,20,21). The molecule has 1 atom stereocenters. The quantitative estimate of drug-likeness (QED) is 0.311. The Labute approximate surface area is 134 Å². The lowest BCUT2D eigenvalue weighted by atomic mass is 10.1. The van der Waals surface area contributed by atoms with Crippen molar-refractivity contribution >= 4 is 5.97 Å². The highest BCUT2D eigenvalue weighted by atomic mass is 16.5. The molecule has 1 heterocycles. The van der Waals surface area contributed by atoms with E-state index in [2.05, 4.69) is 9.97 Å². The normalized spacial score (nSPS) is 12.7. The molecule has 1 aromatic heterocycles. The topological polar surface area (TPSA) is 128 Å². The van der Waals surface area contributed by atoms with Gasteiger partial charge in [0.2, 0.25) is 0 Å². The van der Waals surface area contributed by atoms with Crippen molar-refractivity contribution in [2.24, 2.45) is 0 Å².